The third-order valence-corrected chi connectivity index (χ3v) is 6.35. The van der Waals surface area contributed by atoms with Crippen LogP contribution in [0, 0.1) is 5.92 Å². The first kappa shape index (κ1) is 19.8. The van der Waals surface area contributed by atoms with Crippen LogP contribution < -0.4 is 0 Å². The predicted octanol–water partition coefficient (Wildman–Crippen LogP) is 3.38. The van der Waals surface area contributed by atoms with Crippen molar-refractivity contribution in [3.8, 4) is 0 Å². The maximum absolute atomic E-state index is 13.4. The minimum Gasteiger partial charge on any atom is -0.343 e. The Morgan fingerprint density at radius 2 is 2.00 bits per heavy atom. The first-order chi connectivity index (χ1) is 14.0. The molecule has 0 spiro atoms. The summed E-state index contributed by atoms with van der Waals surface area (Å²) < 4.78 is 15.1. The van der Waals surface area contributed by atoms with Crippen LogP contribution in [0.3, 0.4) is 0 Å². The summed E-state index contributed by atoms with van der Waals surface area (Å²) in [5, 5.41) is 1.08. The first-order valence-electron chi connectivity index (χ1n) is 10.4. The molecule has 6 heteroatoms. The number of alkyl halides is 1. The van der Waals surface area contributed by atoms with Crippen molar-refractivity contribution in [3.63, 3.8) is 0 Å². The second kappa shape index (κ2) is 7.75. The highest BCUT2D eigenvalue weighted by molar-refractivity contribution is 6.03. The van der Waals surface area contributed by atoms with Crippen molar-refractivity contribution in [2.75, 3.05) is 32.9 Å². The lowest BCUT2D eigenvalue weighted by atomic mass is 9.79. The third kappa shape index (κ3) is 3.19. The molecule has 5 nitrogen and oxygen atoms in total. The first-order valence-corrected chi connectivity index (χ1v) is 10.4. The Morgan fingerprint density at radius 1 is 1.24 bits per heavy atom. The monoisotopic (exact) mass is 397 g/mol. The third-order valence-electron chi connectivity index (χ3n) is 6.35. The lowest BCUT2D eigenvalue weighted by Gasteiger charge is -2.42. The molecule has 4 rings (SSSR count). The Balaban J connectivity index is 1.85. The summed E-state index contributed by atoms with van der Waals surface area (Å²) in [6, 6.07) is 6.02. The van der Waals surface area contributed by atoms with E-state index < -0.39 is 6.67 Å². The molecule has 1 amide bonds. The summed E-state index contributed by atoms with van der Waals surface area (Å²) >= 11 is 0. The predicted molar refractivity (Wildman–Crippen MR) is 113 cm³/mol. The maximum Gasteiger partial charge on any atom is 0.230 e. The van der Waals surface area contributed by atoms with E-state index in [1.165, 1.54) is 0 Å². The topological polar surface area (TPSA) is 45.6 Å². The molecule has 0 bridgehead atoms. The number of hydrogen-bond donors (Lipinski definition) is 0. The number of carbonyl (C=O) groups is 2. The summed E-state index contributed by atoms with van der Waals surface area (Å²) in [6.45, 7) is 7.27. The van der Waals surface area contributed by atoms with Crippen molar-refractivity contribution in [2.45, 2.75) is 33.2 Å². The smallest absolute Gasteiger partial charge is 0.230 e. The lowest BCUT2D eigenvalue weighted by molar-refractivity contribution is -0.134. The largest absolute Gasteiger partial charge is 0.343 e. The van der Waals surface area contributed by atoms with Gasteiger partial charge in [0, 0.05) is 50.7 Å². The van der Waals surface area contributed by atoms with Gasteiger partial charge < -0.3 is 4.90 Å². The van der Waals surface area contributed by atoms with Crippen molar-refractivity contribution < 1.29 is 14.0 Å². The molecule has 2 aromatic rings. The van der Waals surface area contributed by atoms with Crippen LogP contribution in [0.15, 0.2) is 30.5 Å². The zero-order valence-electron chi connectivity index (χ0n) is 17.3. The van der Waals surface area contributed by atoms with Gasteiger partial charge in [-0.3, -0.25) is 19.1 Å². The van der Waals surface area contributed by atoms with Crippen LogP contribution in [0.4, 0.5) is 4.39 Å². The summed E-state index contributed by atoms with van der Waals surface area (Å²) in [4.78, 5) is 29.1. The van der Waals surface area contributed by atoms with Gasteiger partial charge in [0.25, 0.3) is 0 Å². The maximum atomic E-state index is 13.4. The highest BCUT2D eigenvalue weighted by atomic mass is 19.1. The second-order valence-electron chi connectivity index (χ2n) is 7.89. The van der Waals surface area contributed by atoms with Crippen LogP contribution in [0.1, 0.15) is 36.7 Å². The molecule has 0 N–H and O–H groups in total. The van der Waals surface area contributed by atoms with Crippen LogP contribution in [0.2, 0.25) is 0 Å². The normalized spacial score (nSPS) is 21.0. The number of aromatic nitrogens is 1. The molecule has 2 atom stereocenters. The molecule has 1 aromatic carbocycles. The molecule has 0 radical (unpaired) electrons. The summed E-state index contributed by atoms with van der Waals surface area (Å²) in [7, 11) is 0. The van der Waals surface area contributed by atoms with E-state index in [0.29, 0.717) is 26.2 Å². The van der Waals surface area contributed by atoms with E-state index in [2.05, 4.69) is 17.0 Å². The number of nitrogens with zero attached hydrogens (tertiary/aromatic N) is 3. The van der Waals surface area contributed by atoms with Crippen LogP contribution in [0.5, 0.6) is 0 Å². The average Bonchev–Trinajstić information content (AvgIpc) is 3.10. The molecule has 0 saturated heterocycles. The van der Waals surface area contributed by atoms with E-state index in [1.54, 1.807) is 11.5 Å². The minimum absolute atomic E-state index is 0.0209. The van der Waals surface area contributed by atoms with E-state index in [-0.39, 0.29) is 23.8 Å². The van der Waals surface area contributed by atoms with Crippen molar-refractivity contribution in [3.05, 3.63) is 41.6 Å². The summed E-state index contributed by atoms with van der Waals surface area (Å²) in [5.74, 6) is -0.198. The van der Waals surface area contributed by atoms with Gasteiger partial charge in [-0.25, -0.2) is 4.39 Å². The fraction of sp³-hybridized carbons (Fsp3) is 0.478. The molecular weight excluding hydrogens is 369 g/mol. The molecule has 2 heterocycles. The molecule has 1 aromatic heterocycles. The second-order valence-corrected chi connectivity index (χ2v) is 7.89. The van der Waals surface area contributed by atoms with Crippen molar-refractivity contribution in [1.29, 1.82) is 0 Å². The molecule has 0 fully saturated rings. The average molecular weight is 397 g/mol. The van der Waals surface area contributed by atoms with E-state index in [9.17, 15) is 14.0 Å². The number of carbonyl (C=O) groups excluding carboxylic acids is 2. The van der Waals surface area contributed by atoms with Gasteiger partial charge in [-0.1, -0.05) is 18.2 Å². The van der Waals surface area contributed by atoms with E-state index in [0.717, 1.165) is 34.0 Å². The number of benzene rings is 1. The Kier molecular flexibility index (Phi) is 5.30. The van der Waals surface area contributed by atoms with E-state index >= 15 is 0 Å². The molecular formula is C23H28FN3O2. The number of hydrogen-bond acceptors (Lipinski definition) is 3. The summed E-state index contributed by atoms with van der Waals surface area (Å²) in [5.41, 5.74) is 4.17. The SMILES string of the molecule is CCN(CC)C(=O)C1C=C2c3cccc4c3c(cn4C(C)=O)C[C@H]2N(CCF)C1. The number of rotatable bonds is 5. The van der Waals surface area contributed by atoms with Gasteiger partial charge in [0.2, 0.25) is 11.8 Å². The van der Waals surface area contributed by atoms with Gasteiger partial charge in [0.05, 0.1) is 11.4 Å². The number of amides is 1. The van der Waals surface area contributed by atoms with Crippen LogP contribution >= 0.6 is 0 Å². The molecule has 2 aliphatic rings. The molecule has 1 aliphatic heterocycles. The molecule has 0 saturated carbocycles. The Labute approximate surface area is 170 Å². The Morgan fingerprint density at radius 3 is 2.66 bits per heavy atom. The quantitative estimate of drug-likeness (QED) is 0.777. The lowest BCUT2D eigenvalue weighted by Crippen LogP contribution is -2.49. The van der Waals surface area contributed by atoms with Crippen molar-refractivity contribution in [2.24, 2.45) is 5.92 Å². The van der Waals surface area contributed by atoms with Crippen molar-refractivity contribution >= 4 is 28.3 Å². The van der Waals surface area contributed by atoms with Gasteiger partial charge in [0.15, 0.2) is 0 Å². The van der Waals surface area contributed by atoms with Gasteiger partial charge in [0.1, 0.15) is 6.67 Å². The van der Waals surface area contributed by atoms with E-state index in [1.807, 2.05) is 37.1 Å². The van der Waals surface area contributed by atoms with Gasteiger partial charge >= 0.3 is 0 Å². The van der Waals surface area contributed by atoms with E-state index in [4.69, 9.17) is 0 Å². The highest BCUT2D eigenvalue weighted by Crippen LogP contribution is 2.42. The van der Waals surface area contributed by atoms with Gasteiger partial charge in [-0.15, -0.1) is 0 Å². The van der Waals surface area contributed by atoms with Crippen LogP contribution in [-0.2, 0) is 11.2 Å². The van der Waals surface area contributed by atoms with Gasteiger partial charge in [-0.2, -0.15) is 0 Å². The zero-order chi connectivity index (χ0) is 20.7. The molecule has 154 valence electrons. The molecule has 1 unspecified atom stereocenters. The summed E-state index contributed by atoms with van der Waals surface area (Å²) in [6.07, 6.45) is 4.75. The Bertz CT molecular complexity index is 989. The zero-order valence-corrected chi connectivity index (χ0v) is 17.3. The molecule has 1 aliphatic carbocycles. The van der Waals surface area contributed by atoms with Crippen LogP contribution in [0.25, 0.3) is 16.5 Å². The highest BCUT2D eigenvalue weighted by Gasteiger charge is 2.38. The van der Waals surface area contributed by atoms with Crippen LogP contribution in [-0.4, -0.2) is 65.1 Å². The number of halogens is 1. The standard InChI is InChI=1S/C23H28FN3O2/c1-4-25(5-2)23(29)17-11-19-18-7-6-8-20-22(18)16(14-27(20)15(3)28)12-21(19)26(13-17)10-9-24/h6-8,11,14,17,21H,4-5,9-10,12-13H2,1-3H3/t17?,21-/m1/s1. The number of fused-ring (bicyclic) bond motifs is 2. The fourth-order valence-electron chi connectivity index (χ4n) is 4.97. The minimum atomic E-state index is -0.443. The van der Waals surface area contributed by atoms with Gasteiger partial charge in [-0.05, 0) is 43.0 Å². The van der Waals surface area contributed by atoms with Crippen molar-refractivity contribution in [1.82, 2.24) is 14.4 Å². The fourth-order valence-corrected chi connectivity index (χ4v) is 4.97. The Hall–Kier alpha value is -2.47. The molecule has 29 heavy (non-hydrogen) atoms.